The van der Waals surface area contributed by atoms with Crippen molar-refractivity contribution in [2.75, 3.05) is 13.7 Å². The number of imidazole rings is 1. The first-order valence-electron chi connectivity index (χ1n) is 8.02. The normalized spacial score (nSPS) is 11.1. The number of benzene rings is 1. The van der Waals surface area contributed by atoms with E-state index in [1.807, 2.05) is 30.3 Å². The molecule has 0 aliphatic carbocycles. The van der Waals surface area contributed by atoms with Crippen molar-refractivity contribution in [3.05, 3.63) is 63.1 Å². The number of hydrogen-bond donors (Lipinski definition) is 1. The molecule has 0 saturated heterocycles. The molecule has 0 radical (unpaired) electrons. The van der Waals surface area contributed by atoms with Gasteiger partial charge in [0.15, 0.2) is 11.2 Å². The van der Waals surface area contributed by atoms with E-state index >= 15 is 0 Å². The summed E-state index contributed by atoms with van der Waals surface area (Å²) in [5.74, 6) is -0.766. The molecule has 3 aromatic rings. The molecule has 0 bridgehead atoms. The van der Waals surface area contributed by atoms with Gasteiger partial charge in [0.25, 0.3) is 5.56 Å². The van der Waals surface area contributed by atoms with Gasteiger partial charge < -0.3 is 15.0 Å². The lowest BCUT2D eigenvalue weighted by atomic mass is 10.2. The van der Waals surface area contributed by atoms with E-state index in [4.69, 9.17) is 10.5 Å². The topological polar surface area (TPSA) is 114 Å². The Morgan fingerprint density at radius 3 is 2.58 bits per heavy atom. The molecule has 2 heterocycles. The second-order valence-corrected chi connectivity index (χ2v) is 5.81. The SMILES string of the molecule is COCCn1cnc2c1c(=O)n(CC(N)=O)c(=O)n2Cc1ccccc1. The van der Waals surface area contributed by atoms with Crippen LogP contribution in [-0.4, -0.2) is 38.3 Å². The maximum absolute atomic E-state index is 12.8. The molecule has 3 rings (SSSR count). The number of nitrogens with zero attached hydrogens (tertiary/aromatic N) is 4. The first-order chi connectivity index (χ1) is 12.5. The van der Waals surface area contributed by atoms with Crippen LogP contribution in [0.5, 0.6) is 0 Å². The van der Waals surface area contributed by atoms with Crippen LogP contribution in [0.4, 0.5) is 0 Å². The molecular weight excluding hydrogens is 338 g/mol. The standard InChI is InChI=1S/C17H19N5O4/c1-26-8-7-20-11-19-15-14(20)16(24)22(10-13(18)23)17(25)21(15)9-12-5-3-2-4-6-12/h2-6,11H,7-10H2,1H3,(H2,18,23). The maximum Gasteiger partial charge on any atom is 0.333 e. The monoisotopic (exact) mass is 357 g/mol. The molecule has 0 atom stereocenters. The van der Waals surface area contributed by atoms with Crippen LogP contribution < -0.4 is 17.0 Å². The third kappa shape index (κ3) is 3.29. The van der Waals surface area contributed by atoms with Gasteiger partial charge in [-0.05, 0) is 5.56 Å². The minimum atomic E-state index is -0.766. The number of fused-ring (bicyclic) bond motifs is 1. The molecule has 9 nitrogen and oxygen atoms in total. The number of carbonyl (C=O) groups excluding carboxylic acids is 1. The van der Waals surface area contributed by atoms with Gasteiger partial charge in [-0.1, -0.05) is 30.3 Å². The van der Waals surface area contributed by atoms with Crippen LogP contribution in [0.25, 0.3) is 11.2 Å². The summed E-state index contributed by atoms with van der Waals surface area (Å²) in [6.07, 6.45) is 1.49. The average Bonchev–Trinajstić information content (AvgIpc) is 3.05. The lowest BCUT2D eigenvalue weighted by Crippen LogP contribution is -2.43. The van der Waals surface area contributed by atoms with Gasteiger partial charge in [0.1, 0.15) is 6.54 Å². The third-order valence-electron chi connectivity index (χ3n) is 4.02. The third-order valence-corrected chi connectivity index (χ3v) is 4.02. The summed E-state index contributed by atoms with van der Waals surface area (Å²) >= 11 is 0. The van der Waals surface area contributed by atoms with E-state index in [0.717, 1.165) is 10.1 Å². The summed E-state index contributed by atoms with van der Waals surface area (Å²) in [6, 6.07) is 9.31. The maximum atomic E-state index is 12.8. The van der Waals surface area contributed by atoms with Crippen molar-refractivity contribution < 1.29 is 9.53 Å². The van der Waals surface area contributed by atoms with Crippen LogP contribution >= 0.6 is 0 Å². The van der Waals surface area contributed by atoms with Crippen LogP contribution in [0.3, 0.4) is 0 Å². The minimum absolute atomic E-state index is 0.219. The molecule has 0 aliphatic heterocycles. The van der Waals surface area contributed by atoms with Crippen LogP contribution in [0.15, 0.2) is 46.2 Å². The molecule has 0 aliphatic rings. The summed E-state index contributed by atoms with van der Waals surface area (Å²) in [6.45, 7) is 0.495. The molecule has 0 fully saturated rings. The number of aromatic nitrogens is 4. The molecule has 1 aromatic carbocycles. The minimum Gasteiger partial charge on any atom is -0.383 e. The van der Waals surface area contributed by atoms with Gasteiger partial charge in [-0.25, -0.2) is 14.3 Å². The summed E-state index contributed by atoms with van der Waals surface area (Å²) in [5.41, 5.74) is 5.36. The molecule has 0 spiro atoms. The Balaban J connectivity index is 2.24. The zero-order valence-corrected chi connectivity index (χ0v) is 14.3. The van der Waals surface area contributed by atoms with Gasteiger partial charge in [0, 0.05) is 13.7 Å². The van der Waals surface area contributed by atoms with Crippen molar-refractivity contribution in [3.63, 3.8) is 0 Å². The second kappa shape index (κ2) is 7.36. The Morgan fingerprint density at radius 1 is 1.19 bits per heavy atom. The number of primary amides is 1. The number of rotatable bonds is 7. The molecule has 9 heteroatoms. The van der Waals surface area contributed by atoms with E-state index in [-0.39, 0.29) is 17.7 Å². The van der Waals surface area contributed by atoms with Crippen LogP contribution in [0.1, 0.15) is 5.56 Å². The van der Waals surface area contributed by atoms with Gasteiger partial charge in [0.2, 0.25) is 5.91 Å². The van der Waals surface area contributed by atoms with Crippen LogP contribution in [0.2, 0.25) is 0 Å². The predicted molar refractivity (Wildman–Crippen MR) is 94.9 cm³/mol. The summed E-state index contributed by atoms with van der Waals surface area (Å²) in [5, 5.41) is 0. The van der Waals surface area contributed by atoms with E-state index in [0.29, 0.717) is 13.2 Å². The fourth-order valence-electron chi connectivity index (χ4n) is 2.80. The van der Waals surface area contributed by atoms with E-state index in [2.05, 4.69) is 4.98 Å². The molecule has 136 valence electrons. The van der Waals surface area contributed by atoms with Crippen molar-refractivity contribution in [1.29, 1.82) is 0 Å². The summed E-state index contributed by atoms with van der Waals surface area (Å²) in [4.78, 5) is 41.2. The van der Waals surface area contributed by atoms with Gasteiger partial charge in [-0.15, -0.1) is 0 Å². The Labute approximate surface area is 148 Å². The quantitative estimate of drug-likeness (QED) is 0.614. The number of nitrogens with two attached hydrogens (primary N) is 1. The first-order valence-corrected chi connectivity index (χ1v) is 8.02. The molecule has 1 amide bonds. The van der Waals surface area contributed by atoms with Crippen LogP contribution in [-0.2, 0) is 29.2 Å². The number of methoxy groups -OCH3 is 1. The highest BCUT2D eigenvalue weighted by Gasteiger charge is 2.19. The Hall–Kier alpha value is -3.20. The lowest BCUT2D eigenvalue weighted by Gasteiger charge is -2.12. The van der Waals surface area contributed by atoms with E-state index in [1.54, 1.807) is 11.7 Å². The zero-order valence-electron chi connectivity index (χ0n) is 14.3. The molecule has 0 saturated carbocycles. The molecule has 26 heavy (non-hydrogen) atoms. The largest absolute Gasteiger partial charge is 0.383 e. The van der Waals surface area contributed by atoms with E-state index < -0.39 is 23.7 Å². The Bertz CT molecular complexity index is 1050. The number of ether oxygens (including phenoxy) is 1. The number of carbonyl (C=O) groups is 1. The lowest BCUT2D eigenvalue weighted by molar-refractivity contribution is -0.118. The Morgan fingerprint density at radius 2 is 1.92 bits per heavy atom. The molecule has 2 aromatic heterocycles. The number of hydrogen-bond acceptors (Lipinski definition) is 5. The molecule has 2 N–H and O–H groups in total. The Kier molecular flexibility index (Phi) is 4.99. The van der Waals surface area contributed by atoms with Gasteiger partial charge >= 0.3 is 5.69 Å². The van der Waals surface area contributed by atoms with E-state index in [1.165, 1.54) is 10.9 Å². The molecular formula is C17H19N5O4. The van der Waals surface area contributed by atoms with Crippen molar-refractivity contribution in [2.24, 2.45) is 5.73 Å². The highest BCUT2D eigenvalue weighted by molar-refractivity contribution is 5.75. The highest BCUT2D eigenvalue weighted by atomic mass is 16.5. The molecule has 0 unspecified atom stereocenters. The van der Waals surface area contributed by atoms with Crippen molar-refractivity contribution >= 4 is 17.1 Å². The summed E-state index contributed by atoms with van der Waals surface area (Å²) in [7, 11) is 1.55. The first kappa shape index (κ1) is 17.6. The predicted octanol–water partition coefficient (Wildman–Crippen LogP) is -0.460. The fourth-order valence-corrected chi connectivity index (χ4v) is 2.80. The fraction of sp³-hybridized carbons (Fsp3) is 0.294. The highest BCUT2D eigenvalue weighted by Crippen LogP contribution is 2.09. The van der Waals surface area contributed by atoms with Crippen molar-refractivity contribution in [1.82, 2.24) is 18.7 Å². The second-order valence-electron chi connectivity index (χ2n) is 5.81. The van der Waals surface area contributed by atoms with Crippen molar-refractivity contribution in [2.45, 2.75) is 19.6 Å². The van der Waals surface area contributed by atoms with Crippen LogP contribution in [0, 0.1) is 0 Å². The van der Waals surface area contributed by atoms with Gasteiger partial charge in [-0.3, -0.25) is 14.2 Å². The summed E-state index contributed by atoms with van der Waals surface area (Å²) < 4.78 is 8.88. The van der Waals surface area contributed by atoms with E-state index in [9.17, 15) is 14.4 Å². The number of amides is 1. The van der Waals surface area contributed by atoms with Gasteiger partial charge in [0.05, 0.1) is 19.5 Å². The smallest absolute Gasteiger partial charge is 0.333 e. The average molecular weight is 357 g/mol. The zero-order chi connectivity index (χ0) is 18.7. The van der Waals surface area contributed by atoms with Gasteiger partial charge in [-0.2, -0.15) is 0 Å². The van der Waals surface area contributed by atoms with Crippen molar-refractivity contribution in [3.8, 4) is 0 Å².